The number of piperazine rings is 1. The van der Waals surface area contributed by atoms with Crippen LogP contribution in [-0.4, -0.2) is 53.0 Å². The van der Waals surface area contributed by atoms with Gasteiger partial charge in [-0.1, -0.05) is 0 Å². The highest BCUT2D eigenvalue weighted by atomic mass is 16.2. The van der Waals surface area contributed by atoms with Gasteiger partial charge in [-0.3, -0.25) is 14.4 Å². The summed E-state index contributed by atoms with van der Waals surface area (Å²) in [7, 11) is 0. The topological polar surface area (TPSA) is 83.4 Å². The summed E-state index contributed by atoms with van der Waals surface area (Å²) in [5.41, 5.74) is -0.400. The number of piperidine rings is 1. The minimum absolute atomic E-state index is 0.180. The number of rotatable bonds is 3. The van der Waals surface area contributed by atoms with Crippen molar-refractivity contribution in [1.29, 1.82) is 0 Å². The summed E-state index contributed by atoms with van der Waals surface area (Å²) in [6, 6.07) is 1.82. The number of pyridine rings is 1. The van der Waals surface area contributed by atoms with Crippen molar-refractivity contribution in [3.8, 4) is 0 Å². The number of nitrogens with one attached hydrogen (secondary N) is 2. The molecule has 3 heterocycles. The zero-order valence-electron chi connectivity index (χ0n) is 15.8. The van der Waals surface area contributed by atoms with Crippen LogP contribution in [0.25, 0.3) is 0 Å². The Kier molecular flexibility index (Phi) is 5.18. The van der Waals surface area contributed by atoms with Crippen LogP contribution in [0.4, 0.5) is 0 Å². The Morgan fingerprint density at radius 1 is 1.31 bits per heavy atom. The van der Waals surface area contributed by atoms with E-state index in [4.69, 9.17) is 0 Å². The van der Waals surface area contributed by atoms with E-state index in [-0.39, 0.29) is 22.9 Å². The summed E-state index contributed by atoms with van der Waals surface area (Å²) in [6.45, 7) is 8.53. The minimum Gasteiger partial charge on any atom is -0.352 e. The minimum atomic E-state index is -0.970. The van der Waals surface area contributed by atoms with Gasteiger partial charge in [0.1, 0.15) is 11.1 Å². The highest BCUT2D eigenvalue weighted by molar-refractivity contribution is 6.00. The second kappa shape index (κ2) is 7.23. The average Bonchev–Trinajstić information content (AvgIpc) is 2.60. The van der Waals surface area contributed by atoms with Crippen LogP contribution < -0.4 is 16.2 Å². The molecule has 7 heteroatoms. The second-order valence-electron chi connectivity index (χ2n) is 7.82. The van der Waals surface area contributed by atoms with Gasteiger partial charge in [0.2, 0.25) is 5.91 Å². The van der Waals surface area contributed by atoms with Crippen LogP contribution in [0.5, 0.6) is 0 Å². The van der Waals surface area contributed by atoms with Crippen LogP contribution >= 0.6 is 0 Å². The molecule has 1 unspecified atom stereocenters. The molecule has 0 aliphatic carbocycles. The molecule has 7 nitrogen and oxygen atoms in total. The Labute approximate surface area is 153 Å². The zero-order chi connectivity index (χ0) is 18.9. The first-order chi connectivity index (χ1) is 12.3. The zero-order valence-corrected chi connectivity index (χ0v) is 15.8. The van der Waals surface area contributed by atoms with E-state index in [9.17, 15) is 14.4 Å². The Morgan fingerprint density at radius 3 is 2.77 bits per heavy atom. The van der Waals surface area contributed by atoms with Gasteiger partial charge in [-0.25, -0.2) is 0 Å². The van der Waals surface area contributed by atoms with E-state index in [0.717, 1.165) is 25.9 Å². The van der Waals surface area contributed by atoms with E-state index in [2.05, 4.69) is 10.6 Å². The highest BCUT2D eigenvalue weighted by Crippen LogP contribution is 2.21. The van der Waals surface area contributed by atoms with E-state index < -0.39 is 5.54 Å². The van der Waals surface area contributed by atoms with E-state index in [1.165, 1.54) is 4.90 Å². The first-order valence-corrected chi connectivity index (χ1v) is 9.33. The molecule has 0 bridgehead atoms. The van der Waals surface area contributed by atoms with E-state index >= 15 is 0 Å². The third-order valence-electron chi connectivity index (χ3n) is 5.54. The summed E-state index contributed by atoms with van der Waals surface area (Å²) < 4.78 is 1.65. The molecule has 2 fully saturated rings. The van der Waals surface area contributed by atoms with Gasteiger partial charge < -0.3 is 20.1 Å². The van der Waals surface area contributed by atoms with Gasteiger partial charge in [0, 0.05) is 25.8 Å². The first-order valence-electron chi connectivity index (χ1n) is 9.33. The molecule has 1 aromatic heterocycles. The number of amides is 2. The highest BCUT2D eigenvalue weighted by Gasteiger charge is 2.41. The fourth-order valence-electron chi connectivity index (χ4n) is 3.82. The molecule has 0 aromatic carbocycles. The molecule has 26 heavy (non-hydrogen) atoms. The predicted molar refractivity (Wildman–Crippen MR) is 99.2 cm³/mol. The van der Waals surface area contributed by atoms with E-state index in [1.807, 2.05) is 6.07 Å². The Morgan fingerprint density at radius 2 is 2.08 bits per heavy atom. The standard InChI is InChI=1S/C19H28N4O3/c1-13-6-9-22(12-14-5-4-7-20-11-14)16(24)15(13)17(25)23-10-8-21-18(26)19(23,2)3/h6,9,14,20H,4-5,7-8,10-12H2,1-3H3,(H,21,26). The van der Waals surface area contributed by atoms with Crippen LogP contribution in [0.2, 0.25) is 0 Å². The molecule has 2 saturated heterocycles. The maximum atomic E-state index is 13.2. The van der Waals surface area contributed by atoms with E-state index in [0.29, 0.717) is 31.1 Å². The Hall–Kier alpha value is -2.15. The van der Waals surface area contributed by atoms with Crippen molar-refractivity contribution in [1.82, 2.24) is 20.1 Å². The molecule has 0 spiro atoms. The molecule has 2 N–H and O–H groups in total. The monoisotopic (exact) mass is 360 g/mol. The third-order valence-corrected chi connectivity index (χ3v) is 5.54. The van der Waals surface area contributed by atoms with Crippen molar-refractivity contribution in [2.24, 2.45) is 5.92 Å². The summed E-state index contributed by atoms with van der Waals surface area (Å²) in [6.07, 6.45) is 3.96. The van der Waals surface area contributed by atoms with Gasteiger partial charge >= 0.3 is 0 Å². The van der Waals surface area contributed by atoms with Crippen LogP contribution in [-0.2, 0) is 11.3 Å². The van der Waals surface area contributed by atoms with Gasteiger partial charge in [-0.2, -0.15) is 0 Å². The third kappa shape index (κ3) is 3.40. The molecule has 2 aliphatic rings. The molecule has 2 amide bonds. The fraction of sp³-hybridized carbons (Fsp3) is 0.632. The van der Waals surface area contributed by atoms with Gasteiger partial charge in [0.15, 0.2) is 0 Å². The van der Waals surface area contributed by atoms with Gasteiger partial charge in [-0.15, -0.1) is 0 Å². The van der Waals surface area contributed by atoms with Crippen LogP contribution in [0.1, 0.15) is 42.6 Å². The Balaban J connectivity index is 1.91. The second-order valence-corrected chi connectivity index (χ2v) is 7.82. The van der Waals surface area contributed by atoms with Crippen LogP contribution in [0.3, 0.4) is 0 Å². The Bertz CT molecular complexity index is 763. The number of aromatic nitrogens is 1. The van der Waals surface area contributed by atoms with Gasteiger partial charge in [0.25, 0.3) is 11.5 Å². The summed E-state index contributed by atoms with van der Waals surface area (Å²) in [4.78, 5) is 39.9. The number of aryl methyl sites for hydroxylation is 1. The number of carbonyl (C=O) groups excluding carboxylic acids is 2. The molecule has 0 saturated carbocycles. The molecule has 3 rings (SSSR count). The molecular formula is C19H28N4O3. The lowest BCUT2D eigenvalue weighted by molar-refractivity contribution is -0.133. The number of hydrogen-bond donors (Lipinski definition) is 2. The molecule has 1 aromatic rings. The quantitative estimate of drug-likeness (QED) is 0.823. The lowest BCUT2D eigenvalue weighted by atomic mass is 9.96. The summed E-state index contributed by atoms with van der Waals surface area (Å²) in [5, 5.41) is 6.14. The fourth-order valence-corrected chi connectivity index (χ4v) is 3.82. The number of hydrogen-bond acceptors (Lipinski definition) is 4. The summed E-state index contributed by atoms with van der Waals surface area (Å²) >= 11 is 0. The summed E-state index contributed by atoms with van der Waals surface area (Å²) in [5.74, 6) is -0.160. The first kappa shape index (κ1) is 18.6. The van der Waals surface area contributed by atoms with Crippen molar-refractivity contribution in [3.05, 3.63) is 33.7 Å². The van der Waals surface area contributed by atoms with Crippen LogP contribution in [0, 0.1) is 12.8 Å². The maximum Gasteiger partial charge on any atom is 0.263 e. The predicted octanol–water partition coefficient (Wildman–Crippen LogP) is 0.507. The number of nitrogens with zero attached hydrogens (tertiary/aromatic N) is 2. The van der Waals surface area contributed by atoms with E-state index in [1.54, 1.807) is 31.5 Å². The van der Waals surface area contributed by atoms with Crippen molar-refractivity contribution in [2.75, 3.05) is 26.2 Å². The molecule has 0 radical (unpaired) electrons. The smallest absolute Gasteiger partial charge is 0.263 e. The average molecular weight is 360 g/mol. The lowest BCUT2D eigenvalue weighted by Gasteiger charge is -2.41. The van der Waals surface area contributed by atoms with Crippen molar-refractivity contribution < 1.29 is 9.59 Å². The largest absolute Gasteiger partial charge is 0.352 e. The maximum absolute atomic E-state index is 13.2. The van der Waals surface area contributed by atoms with Gasteiger partial charge in [-0.05, 0) is 64.3 Å². The molecule has 2 aliphatic heterocycles. The lowest BCUT2D eigenvalue weighted by Crippen LogP contribution is -2.64. The van der Waals surface area contributed by atoms with Gasteiger partial charge in [0.05, 0.1) is 0 Å². The van der Waals surface area contributed by atoms with Crippen LogP contribution in [0.15, 0.2) is 17.1 Å². The normalized spacial score (nSPS) is 22.8. The molecular weight excluding hydrogens is 332 g/mol. The molecule has 142 valence electrons. The molecule has 1 atom stereocenters. The number of carbonyl (C=O) groups is 2. The SMILES string of the molecule is Cc1ccn(CC2CCCNC2)c(=O)c1C(=O)N1CCNC(=O)C1(C)C. The van der Waals surface area contributed by atoms with Crippen molar-refractivity contribution in [2.45, 2.75) is 45.7 Å². The van der Waals surface area contributed by atoms with Crippen molar-refractivity contribution in [3.63, 3.8) is 0 Å². The van der Waals surface area contributed by atoms with Crippen molar-refractivity contribution >= 4 is 11.8 Å².